The molecule has 0 aliphatic carbocycles. The second-order valence-corrected chi connectivity index (χ2v) is 4.03. The number of ether oxygens (including phenoxy) is 1. The number of nitro groups is 1. The van der Waals surface area contributed by atoms with Crippen LogP contribution >= 0.6 is 23.3 Å². The van der Waals surface area contributed by atoms with Crippen molar-refractivity contribution in [2.24, 2.45) is 0 Å². The predicted octanol–water partition coefficient (Wildman–Crippen LogP) is 3.20. The monoisotopic (exact) mass is 271 g/mol. The molecule has 0 radical (unpaired) electrons. The molecule has 0 aliphatic rings. The number of aromatic nitrogens is 2. The Labute approximate surface area is 105 Å². The van der Waals surface area contributed by atoms with Gasteiger partial charge in [-0.2, -0.15) is 4.37 Å². The minimum Gasteiger partial charge on any atom is -0.428 e. The van der Waals surface area contributed by atoms with E-state index in [1.54, 1.807) is 19.1 Å². The van der Waals surface area contributed by atoms with E-state index in [1.807, 2.05) is 0 Å². The van der Waals surface area contributed by atoms with E-state index >= 15 is 0 Å². The molecule has 1 aromatic carbocycles. The molecule has 2 rings (SSSR count). The molecule has 17 heavy (non-hydrogen) atoms. The molecule has 0 saturated heterocycles. The topological polar surface area (TPSA) is 78.2 Å². The molecule has 0 unspecified atom stereocenters. The molecule has 6 nitrogen and oxygen atoms in total. The van der Waals surface area contributed by atoms with Crippen LogP contribution in [-0.2, 0) is 0 Å². The molecule has 0 N–H and O–H groups in total. The summed E-state index contributed by atoms with van der Waals surface area (Å²) in [7, 11) is 0. The normalized spacial score (nSPS) is 10.2. The third-order valence-corrected chi connectivity index (χ3v) is 2.87. The Morgan fingerprint density at radius 2 is 2.24 bits per heavy atom. The van der Waals surface area contributed by atoms with E-state index in [0.29, 0.717) is 5.56 Å². The lowest BCUT2D eigenvalue weighted by atomic mass is 10.2. The first kappa shape index (κ1) is 11.7. The Bertz CT molecular complexity index is 572. The average Bonchev–Trinajstić information content (AvgIpc) is 2.64. The second kappa shape index (κ2) is 4.64. The maximum absolute atomic E-state index is 10.9. The number of hydrogen-bond acceptors (Lipinski definition) is 6. The van der Waals surface area contributed by atoms with Crippen molar-refractivity contribution in [3.8, 4) is 11.6 Å². The van der Waals surface area contributed by atoms with Crippen LogP contribution in [0.5, 0.6) is 11.6 Å². The number of nitrogens with zero attached hydrogens (tertiary/aromatic N) is 3. The van der Waals surface area contributed by atoms with Gasteiger partial charge in [-0.1, -0.05) is 23.7 Å². The molecular weight excluding hydrogens is 266 g/mol. The summed E-state index contributed by atoms with van der Waals surface area (Å²) in [6, 6.07) is 4.78. The number of hydrogen-bond donors (Lipinski definition) is 0. The lowest BCUT2D eigenvalue weighted by molar-refractivity contribution is -0.386. The molecule has 0 saturated carbocycles. The van der Waals surface area contributed by atoms with Crippen molar-refractivity contribution in [3.63, 3.8) is 0 Å². The summed E-state index contributed by atoms with van der Waals surface area (Å²) in [5.41, 5.74) is 0.406. The van der Waals surface area contributed by atoms with Crippen molar-refractivity contribution < 1.29 is 9.66 Å². The first-order valence-electron chi connectivity index (χ1n) is 4.49. The summed E-state index contributed by atoms with van der Waals surface area (Å²) in [6.07, 6.45) is 0. The highest BCUT2D eigenvalue weighted by Crippen LogP contribution is 2.35. The number of nitro benzene ring substituents is 1. The fraction of sp³-hybridized carbons (Fsp3) is 0.111. The summed E-state index contributed by atoms with van der Waals surface area (Å²) in [5, 5.41) is 11.0. The Balaban J connectivity index is 2.43. The zero-order valence-corrected chi connectivity index (χ0v) is 10.2. The van der Waals surface area contributed by atoms with Gasteiger partial charge >= 0.3 is 5.69 Å². The SMILES string of the molecule is Cc1cccc(Oc2nsnc2Cl)c1[N+](=O)[O-]. The van der Waals surface area contributed by atoms with Crippen molar-refractivity contribution in [1.82, 2.24) is 8.75 Å². The second-order valence-electron chi connectivity index (χ2n) is 3.14. The minimum atomic E-state index is -0.502. The number of para-hydroxylation sites is 1. The standard InChI is InChI=1S/C9H6ClN3O3S/c1-5-3-2-4-6(7(5)13(14)15)16-9-8(10)11-17-12-9/h2-4H,1H3. The summed E-state index contributed by atoms with van der Waals surface area (Å²) < 4.78 is 12.8. The van der Waals surface area contributed by atoms with Gasteiger partial charge in [0.2, 0.25) is 10.9 Å². The van der Waals surface area contributed by atoms with E-state index < -0.39 is 4.92 Å². The number of aryl methyl sites for hydroxylation is 1. The van der Waals surface area contributed by atoms with Crippen LogP contribution < -0.4 is 4.74 Å². The summed E-state index contributed by atoms with van der Waals surface area (Å²) in [6.45, 7) is 1.63. The summed E-state index contributed by atoms with van der Waals surface area (Å²) in [4.78, 5) is 10.4. The van der Waals surface area contributed by atoms with Crippen LogP contribution in [-0.4, -0.2) is 13.7 Å². The maximum Gasteiger partial charge on any atom is 0.314 e. The van der Waals surface area contributed by atoms with Crippen molar-refractivity contribution in [2.45, 2.75) is 6.92 Å². The van der Waals surface area contributed by atoms with Crippen molar-refractivity contribution >= 4 is 29.0 Å². The molecule has 0 aliphatic heterocycles. The van der Waals surface area contributed by atoms with E-state index in [0.717, 1.165) is 11.7 Å². The zero-order chi connectivity index (χ0) is 12.4. The van der Waals surface area contributed by atoms with Crippen LogP contribution in [0.15, 0.2) is 18.2 Å². The van der Waals surface area contributed by atoms with Crippen molar-refractivity contribution in [1.29, 1.82) is 0 Å². The van der Waals surface area contributed by atoms with Gasteiger partial charge in [-0.3, -0.25) is 10.1 Å². The van der Waals surface area contributed by atoms with Crippen molar-refractivity contribution in [3.05, 3.63) is 39.0 Å². The first-order valence-corrected chi connectivity index (χ1v) is 5.60. The van der Waals surface area contributed by atoms with Crippen LogP contribution in [0, 0.1) is 17.0 Å². The van der Waals surface area contributed by atoms with E-state index in [-0.39, 0.29) is 22.5 Å². The fourth-order valence-corrected chi connectivity index (χ4v) is 1.90. The highest BCUT2D eigenvalue weighted by molar-refractivity contribution is 6.99. The molecule has 1 aromatic heterocycles. The predicted molar refractivity (Wildman–Crippen MR) is 62.8 cm³/mol. The van der Waals surface area contributed by atoms with Gasteiger partial charge in [-0.25, -0.2) is 0 Å². The largest absolute Gasteiger partial charge is 0.428 e. The van der Waals surface area contributed by atoms with E-state index in [1.165, 1.54) is 6.07 Å². The van der Waals surface area contributed by atoms with Crippen LogP contribution in [0.2, 0.25) is 5.15 Å². The summed E-state index contributed by atoms with van der Waals surface area (Å²) >= 11 is 6.58. The van der Waals surface area contributed by atoms with E-state index in [4.69, 9.17) is 16.3 Å². The van der Waals surface area contributed by atoms with Crippen LogP contribution in [0.3, 0.4) is 0 Å². The minimum absolute atomic E-state index is 0.0744. The van der Waals surface area contributed by atoms with Gasteiger partial charge in [0, 0.05) is 5.56 Å². The third-order valence-electron chi connectivity index (χ3n) is 2.01. The van der Waals surface area contributed by atoms with Gasteiger partial charge in [-0.15, -0.1) is 4.37 Å². The molecule has 0 amide bonds. The Hall–Kier alpha value is -1.73. The smallest absolute Gasteiger partial charge is 0.314 e. The molecule has 1 heterocycles. The number of benzene rings is 1. The quantitative estimate of drug-likeness (QED) is 0.633. The van der Waals surface area contributed by atoms with E-state index in [9.17, 15) is 10.1 Å². The fourth-order valence-electron chi connectivity index (χ4n) is 1.28. The molecule has 0 spiro atoms. The zero-order valence-electron chi connectivity index (χ0n) is 8.58. The lowest BCUT2D eigenvalue weighted by Gasteiger charge is -2.04. The first-order chi connectivity index (χ1) is 8.09. The average molecular weight is 272 g/mol. The van der Waals surface area contributed by atoms with Gasteiger partial charge in [0.15, 0.2) is 0 Å². The Kier molecular flexibility index (Phi) is 3.21. The molecule has 0 bridgehead atoms. The van der Waals surface area contributed by atoms with Crippen LogP contribution in [0.1, 0.15) is 5.56 Å². The molecular formula is C9H6ClN3O3S. The Morgan fingerprint density at radius 1 is 1.47 bits per heavy atom. The Morgan fingerprint density at radius 3 is 2.82 bits per heavy atom. The van der Waals surface area contributed by atoms with Crippen LogP contribution in [0.25, 0.3) is 0 Å². The maximum atomic E-state index is 10.9. The van der Waals surface area contributed by atoms with E-state index in [2.05, 4.69) is 8.75 Å². The van der Waals surface area contributed by atoms with Gasteiger partial charge in [0.1, 0.15) is 0 Å². The molecule has 0 fully saturated rings. The highest BCUT2D eigenvalue weighted by Gasteiger charge is 2.20. The number of rotatable bonds is 3. The molecule has 88 valence electrons. The van der Waals surface area contributed by atoms with Gasteiger partial charge in [-0.05, 0) is 13.0 Å². The molecule has 8 heteroatoms. The van der Waals surface area contributed by atoms with Gasteiger partial charge in [0.25, 0.3) is 5.88 Å². The van der Waals surface area contributed by atoms with Gasteiger partial charge < -0.3 is 4.74 Å². The summed E-state index contributed by atoms with van der Waals surface area (Å²) in [5.74, 6) is 0.176. The van der Waals surface area contributed by atoms with Crippen LogP contribution in [0.4, 0.5) is 5.69 Å². The highest BCUT2D eigenvalue weighted by atomic mass is 35.5. The van der Waals surface area contributed by atoms with Crippen molar-refractivity contribution in [2.75, 3.05) is 0 Å². The molecule has 0 atom stereocenters. The number of halogens is 1. The van der Waals surface area contributed by atoms with Gasteiger partial charge in [0.05, 0.1) is 16.7 Å². The lowest BCUT2D eigenvalue weighted by Crippen LogP contribution is -1.96. The third kappa shape index (κ3) is 2.34. The molecule has 2 aromatic rings.